The van der Waals surface area contributed by atoms with E-state index >= 15 is 0 Å². The summed E-state index contributed by atoms with van der Waals surface area (Å²) in [4.78, 5) is 11.3. The highest BCUT2D eigenvalue weighted by molar-refractivity contribution is 7.92. The van der Waals surface area contributed by atoms with Crippen molar-refractivity contribution in [3.63, 3.8) is 0 Å². The van der Waals surface area contributed by atoms with E-state index in [0.717, 1.165) is 31.5 Å². The number of piperidine rings is 1. The molecule has 0 spiro atoms. The summed E-state index contributed by atoms with van der Waals surface area (Å²) < 4.78 is 40.8. The Morgan fingerprint density at radius 2 is 1.62 bits per heavy atom. The molecule has 0 atom stereocenters. The van der Waals surface area contributed by atoms with E-state index < -0.39 is 10.0 Å². The molecule has 1 aromatic heterocycles. The third-order valence-electron chi connectivity index (χ3n) is 6.58. The second kappa shape index (κ2) is 12.0. The monoisotopic (exact) mass is 586 g/mol. The first-order valence-corrected chi connectivity index (χ1v) is 14.8. The number of hydrogen-bond donors (Lipinski definition) is 1. The number of nitrogens with one attached hydrogen (secondary N) is 1. The van der Waals surface area contributed by atoms with Crippen molar-refractivity contribution in [1.29, 1.82) is 0 Å². The molecule has 39 heavy (non-hydrogen) atoms. The van der Waals surface area contributed by atoms with E-state index in [1.807, 2.05) is 18.2 Å². The van der Waals surface area contributed by atoms with Crippen LogP contribution in [0.1, 0.15) is 18.4 Å². The summed E-state index contributed by atoms with van der Waals surface area (Å²) in [6.45, 7) is 2.81. The van der Waals surface area contributed by atoms with Crippen molar-refractivity contribution in [3.8, 4) is 11.6 Å². The van der Waals surface area contributed by atoms with E-state index in [2.05, 4.69) is 26.6 Å². The van der Waals surface area contributed by atoms with Crippen LogP contribution in [-0.2, 0) is 16.6 Å². The van der Waals surface area contributed by atoms with Gasteiger partial charge in [-0.25, -0.2) is 18.4 Å². The van der Waals surface area contributed by atoms with Crippen LogP contribution >= 0.6 is 23.2 Å². The molecule has 0 radical (unpaired) electrons. The number of para-hydroxylation sites is 2. The lowest BCUT2D eigenvalue weighted by Crippen LogP contribution is -2.32. The largest absolute Gasteiger partial charge is 0.492 e. The summed E-state index contributed by atoms with van der Waals surface area (Å²) >= 11 is 12.6. The summed E-state index contributed by atoms with van der Waals surface area (Å²) in [5, 5.41) is 0.612. The fourth-order valence-electron chi connectivity index (χ4n) is 4.33. The van der Waals surface area contributed by atoms with Gasteiger partial charge in [-0.05, 0) is 80.9 Å². The molecular formula is C28H28Cl2N4O4S. The summed E-state index contributed by atoms with van der Waals surface area (Å²) in [7, 11) is -1.93. The second-order valence-corrected chi connectivity index (χ2v) is 12.0. The zero-order chi connectivity index (χ0) is 27.4. The van der Waals surface area contributed by atoms with E-state index in [4.69, 9.17) is 32.7 Å². The number of benzene rings is 3. The third kappa shape index (κ3) is 6.73. The molecule has 0 unspecified atom stereocenters. The molecule has 0 amide bonds. The highest BCUT2D eigenvalue weighted by Gasteiger charge is 2.22. The Morgan fingerprint density at radius 1 is 0.923 bits per heavy atom. The number of hydrogen-bond acceptors (Lipinski definition) is 7. The van der Waals surface area contributed by atoms with Gasteiger partial charge in [-0.3, -0.25) is 4.72 Å². The molecule has 0 saturated carbocycles. The van der Waals surface area contributed by atoms with Gasteiger partial charge in [0.2, 0.25) is 5.82 Å². The molecular weight excluding hydrogens is 559 g/mol. The molecule has 5 rings (SSSR count). The number of sulfonamides is 1. The van der Waals surface area contributed by atoms with Crippen molar-refractivity contribution in [3.05, 3.63) is 82.3 Å². The minimum absolute atomic E-state index is 0.0353. The minimum Gasteiger partial charge on any atom is -0.492 e. The van der Waals surface area contributed by atoms with Gasteiger partial charge in [0, 0.05) is 0 Å². The Kier molecular flexibility index (Phi) is 8.42. The molecule has 11 heteroatoms. The van der Waals surface area contributed by atoms with Crippen LogP contribution in [0.4, 0.5) is 5.82 Å². The SMILES string of the molecule is CN1CCC(COc2cc(COc3nc4ccccc4nc3NS(=O)(=O)c3ccccc3Cl)ccc2Cl)CC1. The van der Waals surface area contributed by atoms with Crippen LogP contribution in [0, 0.1) is 5.92 Å². The maximum absolute atomic E-state index is 13.1. The van der Waals surface area contributed by atoms with E-state index in [1.165, 1.54) is 12.1 Å². The summed E-state index contributed by atoms with van der Waals surface area (Å²) in [5.74, 6) is 1.06. The predicted molar refractivity (Wildman–Crippen MR) is 153 cm³/mol. The number of aromatic nitrogens is 2. The molecule has 1 N–H and O–H groups in total. The zero-order valence-electron chi connectivity index (χ0n) is 21.3. The molecule has 0 aliphatic carbocycles. The van der Waals surface area contributed by atoms with Crippen LogP contribution in [0.3, 0.4) is 0 Å². The number of halogens is 2. The molecule has 204 valence electrons. The molecule has 3 aromatic carbocycles. The number of likely N-dealkylation sites (tertiary alicyclic amines) is 1. The number of anilines is 1. The van der Waals surface area contributed by atoms with Crippen LogP contribution in [0.5, 0.6) is 11.6 Å². The lowest BCUT2D eigenvalue weighted by Gasteiger charge is -2.28. The normalized spacial score (nSPS) is 14.8. The first kappa shape index (κ1) is 27.5. The van der Waals surface area contributed by atoms with Crippen molar-refractivity contribution in [2.24, 2.45) is 5.92 Å². The molecule has 1 aliphatic rings. The Morgan fingerprint density at radius 3 is 2.36 bits per heavy atom. The van der Waals surface area contributed by atoms with Crippen LogP contribution in [0.2, 0.25) is 10.0 Å². The molecule has 4 aromatic rings. The fraction of sp³-hybridized carbons (Fsp3) is 0.286. The minimum atomic E-state index is -4.06. The third-order valence-corrected chi connectivity index (χ3v) is 8.73. The Balaban J connectivity index is 1.36. The van der Waals surface area contributed by atoms with Crippen LogP contribution in [0.25, 0.3) is 11.0 Å². The van der Waals surface area contributed by atoms with E-state index in [1.54, 1.807) is 36.4 Å². The van der Waals surface area contributed by atoms with Crippen molar-refractivity contribution in [2.45, 2.75) is 24.3 Å². The molecule has 1 aliphatic heterocycles. The molecule has 0 bridgehead atoms. The molecule has 1 fully saturated rings. The van der Waals surface area contributed by atoms with Gasteiger partial charge < -0.3 is 14.4 Å². The maximum Gasteiger partial charge on any atom is 0.264 e. The van der Waals surface area contributed by atoms with Gasteiger partial charge in [-0.15, -0.1) is 0 Å². The highest BCUT2D eigenvalue weighted by atomic mass is 35.5. The van der Waals surface area contributed by atoms with Gasteiger partial charge in [0.25, 0.3) is 15.9 Å². The quantitative estimate of drug-likeness (QED) is 0.255. The van der Waals surface area contributed by atoms with E-state index in [0.29, 0.717) is 34.3 Å². The number of rotatable bonds is 9. The molecule has 8 nitrogen and oxygen atoms in total. The highest BCUT2D eigenvalue weighted by Crippen LogP contribution is 2.31. The lowest BCUT2D eigenvalue weighted by atomic mass is 9.98. The van der Waals surface area contributed by atoms with Gasteiger partial charge in [0.05, 0.1) is 27.7 Å². The Bertz CT molecular complexity index is 1580. The standard InChI is InChI=1S/C28H28Cl2N4O4S/c1-34-14-12-19(13-15-34)17-37-25-16-20(10-11-21(25)29)18-38-28-27(31-23-7-3-4-8-24(23)32-28)33-39(35,36)26-9-5-2-6-22(26)30/h2-11,16,19H,12-15,17-18H2,1H3,(H,31,33). The van der Waals surface area contributed by atoms with Gasteiger partial charge in [-0.1, -0.05) is 53.5 Å². The topological polar surface area (TPSA) is 93.7 Å². The van der Waals surface area contributed by atoms with Crippen LogP contribution < -0.4 is 14.2 Å². The average Bonchev–Trinajstić information content (AvgIpc) is 2.92. The molecule has 1 saturated heterocycles. The molecule has 2 heterocycles. The summed E-state index contributed by atoms with van der Waals surface area (Å²) in [6.07, 6.45) is 2.18. The summed E-state index contributed by atoms with van der Waals surface area (Å²) in [6, 6.07) is 18.7. The van der Waals surface area contributed by atoms with Gasteiger partial charge >= 0.3 is 0 Å². The van der Waals surface area contributed by atoms with Crippen LogP contribution in [-0.4, -0.2) is 50.0 Å². The van der Waals surface area contributed by atoms with E-state index in [-0.39, 0.29) is 28.2 Å². The van der Waals surface area contributed by atoms with Gasteiger partial charge in [0.1, 0.15) is 17.3 Å². The number of fused-ring (bicyclic) bond motifs is 1. The average molecular weight is 588 g/mol. The summed E-state index contributed by atoms with van der Waals surface area (Å²) in [5.41, 5.74) is 1.86. The fourth-order valence-corrected chi connectivity index (χ4v) is 6.02. The van der Waals surface area contributed by atoms with Crippen molar-refractivity contribution >= 4 is 50.1 Å². The van der Waals surface area contributed by atoms with Crippen molar-refractivity contribution in [1.82, 2.24) is 14.9 Å². The van der Waals surface area contributed by atoms with Crippen molar-refractivity contribution < 1.29 is 17.9 Å². The number of nitrogens with zero attached hydrogens (tertiary/aromatic N) is 3. The smallest absolute Gasteiger partial charge is 0.264 e. The maximum atomic E-state index is 13.1. The van der Waals surface area contributed by atoms with E-state index in [9.17, 15) is 8.42 Å². The van der Waals surface area contributed by atoms with Gasteiger partial charge in [-0.2, -0.15) is 0 Å². The van der Waals surface area contributed by atoms with Crippen molar-refractivity contribution in [2.75, 3.05) is 31.5 Å². The lowest BCUT2D eigenvalue weighted by molar-refractivity contribution is 0.160. The number of ether oxygens (including phenoxy) is 2. The Hall–Kier alpha value is -3.11. The Labute approximate surface area is 237 Å². The zero-order valence-corrected chi connectivity index (χ0v) is 23.6. The van der Waals surface area contributed by atoms with Crippen LogP contribution in [0.15, 0.2) is 71.6 Å². The predicted octanol–water partition coefficient (Wildman–Crippen LogP) is 6.04. The van der Waals surface area contributed by atoms with Gasteiger partial charge in [0.15, 0.2) is 0 Å². The second-order valence-electron chi connectivity index (χ2n) is 9.51. The first-order chi connectivity index (χ1) is 18.8. The first-order valence-electron chi connectivity index (χ1n) is 12.6.